The van der Waals surface area contributed by atoms with Gasteiger partial charge in [-0.05, 0) is 30.7 Å². The standard InChI is InChI=1S/C14H19N3O/c1-3-8-18-13-6-4-11(5-7-13)14-12(9-15)10-17(2)16-14/h4-7,10H,3,8-9,15H2,1-2H3. The van der Waals surface area contributed by atoms with Crippen molar-refractivity contribution < 1.29 is 4.74 Å². The van der Waals surface area contributed by atoms with Crippen LogP contribution < -0.4 is 10.5 Å². The van der Waals surface area contributed by atoms with Gasteiger partial charge in [0, 0.05) is 30.9 Å². The van der Waals surface area contributed by atoms with Gasteiger partial charge in [0.25, 0.3) is 0 Å². The van der Waals surface area contributed by atoms with Crippen LogP contribution in [0.2, 0.25) is 0 Å². The molecule has 0 atom stereocenters. The lowest BCUT2D eigenvalue weighted by Crippen LogP contribution is -1.97. The third-order valence-corrected chi connectivity index (χ3v) is 2.73. The lowest BCUT2D eigenvalue weighted by molar-refractivity contribution is 0.317. The second kappa shape index (κ2) is 5.69. The summed E-state index contributed by atoms with van der Waals surface area (Å²) in [6.07, 6.45) is 2.97. The van der Waals surface area contributed by atoms with Crippen molar-refractivity contribution in [2.75, 3.05) is 6.61 Å². The third kappa shape index (κ3) is 2.71. The smallest absolute Gasteiger partial charge is 0.119 e. The summed E-state index contributed by atoms with van der Waals surface area (Å²) in [6, 6.07) is 7.99. The molecule has 96 valence electrons. The van der Waals surface area contributed by atoms with E-state index in [1.807, 2.05) is 37.5 Å². The van der Waals surface area contributed by atoms with Gasteiger partial charge in [-0.25, -0.2) is 0 Å². The van der Waals surface area contributed by atoms with Gasteiger partial charge in [0.2, 0.25) is 0 Å². The number of hydrogen-bond donors (Lipinski definition) is 1. The van der Waals surface area contributed by atoms with Crippen LogP contribution in [0.15, 0.2) is 30.5 Å². The Balaban J connectivity index is 2.22. The second-order valence-corrected chi connectivity index (χ2v) is 4.25. The van der Waals surface area contributed by atoms with Crippen molar-refractivity contribution in [3.63, 3.8) is 0 Å². The zero-order valence-electron chi connectivity index (χ0n) is 10.9. The van der Waals surface area contributed by atoms with Gasteiger partial charge in [-0.3, -0.25) is 4.68 Å². The first-order valence-electron chi connectivity index (χ1n) is 6.20. The predicted molar refractivity (Wildman–Crippen MR) is 72.3 cm³/mol. The summed E-state index contributed by atoms with van der Waals surface area (Å²) in [7, 11) is 1.90. The minimum atomic E-state index is 0.497. The van der Waals surface area contributed by atoms with E-state index in [-0.39, 0.29) is 0 Å². The molecule has 1 aromatic carbocycles. The maximum absolute atomic E-state index is 5.72. The van der Waals surface area contributed by atoms with E-state index in [1.165, 1.54) is 0 Å². The van der Waals surface area contributed by atoms with Crippen molar-refractivity contribution in [1.82, 2.24) is 9.78 Å². The van der Waals surface area contributed by atoms with Gasteiger partial charge in [-0.15, -0.1) is 0 Å². The Morgan fingerprint density at radius 2 is 2.00 bits per heavy atom. The number of ether oxygens (including phenoxy) is 1. The maximum atomic E-state index is 5.72. The normalized spacial score (nSPS) is 10.6. The van der Waals surface area contributed by atoms with Gasteiger partial charge in [0.1, 0.15) is 5.75 Å². The number of nitrogens with zero attached hydrogens (tertiary/aromatic N) is 2. The van der Waals surface area contributed by atoms with Crippen LogP contribution in [0.25, 0.3) is 11.3 Å². The molecule has 4 nitrogen and oxygen atoms in total. The first kappa shape index (κ1) is 12.6. The number of aromatic nitrogens is 2. The summed E-state index contributed by atoms with van der Waals surface area (Å²) in [6.45, 7) is 3.34. The van der Waals surface area contributed by atoms with Crippen molar-refractivity contribution in [2.24, 2.45) is 12.8 Å². The fourth-order valence-electron chi connectivity index (χ4n) is 1.86. The maximum Gasteiger partial charge on any atom is 0.119 e. The van der Waals surface area contributed by atoms with Crippen LogP contribution in [0.3, 0.4) is 0 Å². The van der Waals surface area contributed by atoms with Gasteiger partial charge in [-0.2, -0.15) is 5.10 Å². The van der Waals surface area contributed by atoms with Crippen LogP contribution >= 0.6 is 0 Å². The summed E-state index contributed by atoms with van der Waals surface area (Å²) in [4.78, 5) is 0. The molecule has 0 aliphatic rings. The molecule has 0 saturated carbocycles. The molecule has 1 heterocycles. The minimum Gasteiger partial charge on any atom is -0.494 e. The number of hydrogen-bond acceptors (Lipinski definition) is 3. The van der Waals surface area contributed by atoms with Crippen LogP contribution in [0.1, 0.15) is 18.9 Å². The average molecular weight is 245 g/mol. The highest BCUT2D eigenvalue weighted by molar-refractivity contribution is 5.63. The molecule has 0 unspecified atom stereocenters. The zero-order chi connectivity index (χ0) is 13.0. The van der Waals surface area contributed by atoms with E-state index in [9.17, 15) is 0 Å². The molecule has 2 rings (SSSR count). The predicted octanol–water partition coefficient (Wildman–Crippen LogP) is 2.33. The number of aryl methyl sites for hydroxylation is 1. The van der Waals surface area contributed by atoms with E-state index >= 15 is 0 Å². The van der Waals surface area contributed by atoms with Gasteiger partial charge < -0.3 is 10.5 Å². The molecule has 0 aliphatic carbocycles. The van der Waals surface area contributed by atoms with Crippen molar-refractivity contribution in [3.05, 3.63) is 36.0 Å². The monoisotopic (exact) mass is 245 g/mol. The SMILES string of the molecule is CCCOc1ccc(-c2nn(C)cc2CN)cc1. The van der Waals surface area contributed by atoms with Crippen molar-refractivity contribution in [3.8, 4) is 17.0 Å². The summed E-state index contributed by atoms with van der Waals surface area (Å²) < 4.78 is 7.35. The Hall–Kier alpha value is -1.81. The van der Waals surface area contributed by atoms with Crippen LogP contribution in [0, 0.1) is 0 Å². The second-order valence-electron chi connectivity index (χ2n) is 4.25. The molecule has 0 bridgehead atoms. The third-order valence-electron chi connectivity index (χ3n) is 2.73. The largest absolute Gasteiger partial charge is 0.494 e. The Kier molecular flexibility index (Phi) is 3.99. The Bertz CT molecular complexity index is 502. The van der Waals surface area contributed by atoms with E-state index in [1.54, 1.807) is 4.68 Å². The molecule has 4 heteroatoms. The lowest BCUT2D eigenvalue weighted by atomic mass is 10.1. The molecule has 2 N–H and O–H groups in total. The first-order valence-corrected chi connectivity index (χ1v) is 6.20. The van der Waals surface area contributed by atoms with Crippen LogP contribution in [0.5, 0.6) is 5.75 Å². The Morgan fingerprint density at radius 1 is 1.28 bits per heavy atom. The van der Waals surface area contributed by atoms with Gasteiger partial charge >= 0.3 is 0 Å². The molecule has 1 aromatic heterocycles. The molecule has 2 aromatic rings. The highest BCUT2D eigenvalue weighted by atomic mass is 16.5. The van der Waals surface area contributed by atoms with E-state index in [2.05, 4.69) is 12.0 Å². The van der Waals surface area contributed by atoms with E-state index < -0.39 is 0 Å². The van der Waals surface area contributed by atoms with Crippen LogP contribution in [-0.4, -0.2) is 16.4 Å². The van der Waals surface area contributed by atoms with E-state index in [0.717, 1.165) is 35.6 Å². The molecule has 0 amide bonds. The van der Waals surface area contributed by atoms with Crippen LogP contribution in [0.4, 0.5) is 0 Å². The van der Waals surface area contributed by atoms with E-state index in [0.29, 0.717) is 6.54 Å². The zero-order valence-corrected chi connectivity index (χ0v) is 10.9. The Morgan fingerprint density at radius 3 is 2.61 bits per heavy atom. The van der Waals surface area contributed by atoms with Crippen molar-refractivity contribution >= 4 is 0 Å². The topological polar surface area (TPSA) is 53.1 Å². The first-order chi connectivity index (χ1) is 8.74. The average Bonchev–Trinajstić information content (AvgIpc) is 2.78. The summed E-state index contributed by atoms with van der Waals surface area (Å²) in [5.74, 6) is 0.894. The minimum absolute atomic E-state index is 0.497. The van der Waals surface area contributed by atoms with E-state index in [4.69, 9.17) is 10.5 Å². The van der Waals surface area contributed by atoms with Gasteiger partial charge in [0.05, 0.1) is 12.3 Å². The molecule has 0 saturated heterocycles. The molecule has 0 aliphatic heterocycles. The molecule has 0 spiro atoms. The Labute approximate surface area is 107 Å². The number of benzene rings is 1. The molecule has 0 radical (unpaired) electrons. The molecule has 18 heavy (non-hydrogen) atoms. The highest BCUT2D eigenvalue weighted by Gasteiger charge is 2.08. The number of nitrogens with two attached hydrogens (primary N) is 1. The molecule has 0 fully saturated rings. The fraction of sp³-hybridized carbons (Fsp3) is 0.357. The lowest BCUT2D eigenvalue weighted by Gasteiger charge is -2.05. The summed E-state index contributed by atoms with van der Waals surface area (Å²) in [5.41, 5.74) is 8.79. The van der Waals surface area contributed by atoms with Gasteiger partial charge in [-0.1, -0.05) is 6.92 Å². The molecular formula is C14H19N3O. The van der Waals surface area contributed by atoms with Crippen molar-refractivity contribution in [1.29, 1.82) is 0 Å². The quantitative estimate of drug-likeness (QED) is 0.879. The van der Waals surface area contributed by atoms with Crippen LogP contribution in [-0.2, 0) is 13.6 Å². The number of rotatable bonds is 5. The fourth-order valence-corrected chi connectivity index (χ4v) is 1.86. The van der Waals surface area contributed by atoms with Gasteiger partial charge in [0.15, 0.2) is 0 Å². The molecular weight excluding hydrogens is 226 g/mol. The highest BCUT2D eigenvalue weighted by Crippen LogP contribution is 2.24. The summed E-state index contributed by atoms with van der Waals surface area (Å²) in [5, 5.41) is 4.44. The summed E-state index contributed by atoms with van der Waals surface area (Å²) >= 11 is 0. The van der Waals surface area contributed by atoms with Crippen molar-refractivity contribution in [2.45, 2.75) is 19.9 Å².